The molecule has 28 heavy (non-hydrogen) atoms. The summed E-state index contributed by atoms with van der Waals surface area (Å²) < 4.78 is 1.83. The summed E-state index contributed by atoms with van der Waals surface area (Å²) >= 11 is 0. The topological polar surface area (TPSA) is 93.0 Å². The third kappa shape index (κ3) is 3.58. The SMILES string of the molecule is CC(=O)N1CC[C@@H](c2nn(CCNC(=O)c3ccccn3)c3ncccc23)C1. The average molecular weight is 378 g/mol. The van der Waals surface area contributed by atoms with Crippen molar-refractivity contribution in [3.63, 3.8) is 0 Å². The fourth-order valence-electron chi connectivity index (χ4n) is 3.62. The Morgan fingerprint density at radius 1 is 1.18 bits per heavy atom. The van der Waals surface area contributed by atoms with Gasteiger partial charge in [0.1, 0.15) is 5.69 Å². The average Bonchev–Trinajstić information content (AvgIpc) is 3.34. The van der Waals surface area contributed by atoms with E-state index in [1.807, 2.05) is 21.7 Å². The standard InChI is InChI=1S/C20H22N6O2/c1-14(27)25-11-7-15(13-25)18-16-5-4-9-22-19(16)26(24-18)12-10-23-20(28)17-6-2-3-8-21-17/h2-6,8-9,15H,7,10-13H2,1H3,(H,23,28)/t15-/m1/s1. The zero-order valence-corrected chi connectivity index (χ0v) is 15.7. The van der Waals surface area contributed by atoms with Crippen molar-refractivity contribution in [2.75, 3.05) is 19.6 Å². The summed E-state index contributed by atoms with van der Waals surface area (Å²) in [5, 5.41) is 8.66. The van der Waals surface area contributed by atoms with E-state index in [0.29, 0.717) is 25.3 Å². The summed E-state index contributed by atoms with van der Waals surface area (Å²) in [5.41, 5.74) is 2.16. The number of hydrogen-bond acceptors (Lipinski definition) is 5. The van der Waals surface area contributed by atoms with Crippen molar-refractivity contribution in [3.8, 4) is 0 Å². The Morgan fingerprint density at radius 2 is 2.04 bits per heavy atom. The third-order valence-corrected chi connectivity index (χ3v) is 5.06. The summed E-state index contributed by atoms with van der Waals surface area (Å²) in [6, 6.07) is 9.16. The number of nitrogens with one attached hydrogen (secondary N) is 1. The minimum absolute atomic E-state index is 0.0987. The van der Waals surface area contributed by atoms with Crippen LogP contribution in [0.3, 0.4) is 0 Å². The lowest BCUT2D eigenvalue weighted by molar-refractivity contribution is -0.127. The Labute approximate surface area is 162 Å². The van der Waals surface area contributed by atoms with E-state index in [1.54, 1.807) is 37.5 Å². The zero-order chi connectivity index (χ0) is 19.5. The van der Waals surface area contributed by atoms with Gasteiger partial charge in [0.05, 0.1) is 12.2 Å². The van der Waals surface area contributed by atoms with E-state index in [-0.39, 0.29) is 17.7 Å². The van der Waals surface area contributed by atoms with Crippen LogP contribution in [0.1, 0.15) is 35.4 Å². The number of aromatic nitrogens is 4. The highest BCUT2D eigenvalue weighted by molar-refractivity contribution is 5.92. The molecule has 1 N–H and O–H groups in total. The number of nitrogens with zero attached hydrogens (tertiary/aromatic N) is 5. The molecule has 2 amide bonds. The van der Waals surface area contributed by atoms with Crippen LogP contribution in [0.15, 0.2) is 42.7 Å². The van der Waals surface area contributed by atoms with Gasteiger partial charge >= 0.3 is 0 Å². The summed E-state index contributed by atoms with van der Waals surface area (Å²) in [5.74, 6) is 0.0969. The lowest BCUT2D eigenvalue weighted by Crippen LogP contribution is -2.28. The van der Waals surface area contributed by atoms with Gasteiger partial charge in [-0.15, -0.1) is 0 Å². The van der Waals surface area contributed by atoms with Crippen LogP contribution in [0, 0.1) is 0 Å². The van der Waals surface area contributed by atoms with Gasteiger partial charge < -0.3 is 10.2 Å². The van der Waals surface area contributed by atoms with E-state index in [4.69, 9.17) is 5.10 Å². The first-order valence-corrected chi connectivity index (χ1v) is 9.39. The summed E-state index contributed by atoms with van der Waals surface area (Å²) in [4.78, 5) is 34.2. The quantitative estimate of drug-likeness (QED) is 0.728. The molecule has 3 aromatic rings. The molecule has 0 spiro atoms. The van der Waals surface area contributed by atoms with Crippen molar-refractivity contribution >= 4 is 22.8 Å². The van der Waals surface area contributed by atoms with Crippen LogP contribution in [0.2, 0.25) is 0 Å². The molecule has 0 aromatic carbocycles. The fourth-order valence-corrected chi connectivity index (χ4v) is 3.62. The van der Waals surface area contributed by atoms with Crippen LogP contribution in [0.25, 0.3) is 11.0 Å². The highest BCUT2D eigenvalue weighted by Gasteiger charge is 2.29. The Hall–Kier alpha value is -3.29. The predicted octanol–water partition coefficient (Wildman–Crippen LogP) is 1.59. The molecule has 0 bridgehead atoms. The van der Waals surface area contributed by atoms with Gasteiger partial charge in [-0.05, 0) is 30.7 Å². The molecular weight excluding hydrogens is 356 g/mol. The number of fused-ring (bicyclic) bond motifs is 1. The highest BCUT2D eigenvalue weighted by atomic mass is 16.2. The maximum atomic E-state index is 12.2. The van der Waals surface area contributed by atoms with E-state index >= 15 is 0 Å². The Balaban J connectivity index is 1.49. The minimum atomic E-state index is -0.210. The molecule has 1 atom stereocenters. The zero-order valence-electron chi connectivity index (χ0n) is 15.7. The number of carbonyl (C=O) groups excluding carboxylic acids is 2. The van der Waals surface area contributed by atoms with E-state index in [1.165, 1.54) is 0 Å². The lowest BCUT2D eigenvalue weighted by atomic mass is 10.0. The second kappa shape index (κ2) is 7.75. The molecule has 0 unspecified atom stereocenters. The van der Waals surface area contributed by atoms with Gasteiger partial charge in [0.15, 0.2) is 5.65 Å². The molecule has 0 radical (unpaired) electrons. The van der Waals surface area contributed by atoms with Gasteiger partial charge in [-0.2, -0.15) is 5.10 Å². The smallest absolute Gasteiger partial charge is 0.269 e. The monoisotopic (exact) mass is 378 g/mol. The summed E-state index contributed by atoms with van der Waals surface area (Å²) in [6.07, 6.45) is 4.24. The second-order valence-corrected chi connectivity index (χ2v) is 6.90. The van der Waals surface area contributed by atoms with Crippen LogP contribution >= 0.6 is 0 Å². The number of pyridine rings is 2. The van der Waals surface area contributed by atoms with Crippen molar-refractivity contribution < 1.29 is 9.59 Å². The largest absolute Gasteiger partial charge is 0.349 e. The molecule has 4 heterocycles. The Kier molecular flexibility index (Phi) is 5.01. The molecule has 0 saturated carbocycles. The Morgan fingerprint density at radius 3 is 2.79 bits per heavy atom. The van der Waals surface area contributed by atoms with Crippen molar-refractivity contribution in [2.24, 2.45) is 0 Å². The van der Waals surface area contributed by atoms with Crippen LogP contribution in [-0.2, 0) is 11.3 Å². The van der Waals surface area contributed by atoms with Crippen LogP contribution in [0.4, 0.5) is 0 Å². The normalized spacial score (nSPS) is 16.5. The lowest BCUT2D eigenvalue weighted by Gasteiger charge is -2.12. The number of rotatable bonds is 5. The first kappa shape index (κ1) is 18.1. The van der Waals surface area contributed by atoms with Gasteiger partial charge in [-0.25, -0.2) is 9.67 Å². The van der Waals surface area contributed by atoms with Gasteiger partial charge in [0.25, 0.3) is 5.91 Å². The number of hydrogen-bond donors (Lipinski definition) is 1. The summed E-state index contributed by atoms with van der Waals surface area (Å²) in [7, 11) is 0. The van der Waals surface area contributed by atoms with Gasteiger partial charge in [0, 0.05) is 50.3 Å². The van der Waals surface area contributed by atoms with Crippen LogP contribution in [-0.4, -0.2) is 56.1 Å². The predicted molar refractivity (Wildman–Crippen MR) is 104 cm³/mol. The fraction of sp³-hybridized carbons (Fsp3) is 0.350. The van der Waals surface area contributed by atoms with E-state index in [9.17, 15) is 9.59 Å². The molecule has 1 saturated heterocycles. The first-order chi connectivity index (χ1) is 13.6. The molecule has 1 fully saturated rings. The van der Waals surface area contributed by atoms with E-state index in [0.717, 1.165) is 29.7 Å². The van der Waals surface area contributed by atoms with Crippen molar-refractivity contribution in [2.45, 2.75) is 25.8 Å². The molecule has 3 aromatic heterocycles. The molecule has 0 aliphatic carbocycles. The molecular formula is C20H22N6O2. The molecule has 8 nitrogen and oxygen atoms in total. The third-order valence-electron chi connectivity index (χ3n) is 5.06. The van der Waals surface area contributed by atoms with Gasteiger partial charge in [-0.1, -0.05) is 6.07 Å². The molecule has 144 valence electrons. The molecule has 1 aliphatic rings. The van der Waals surface area contributed by atoms with E-state index < -0.39 is 0 Å². The number of carbonyl (C=O) groups is 2. The molecule has 1 aliphatic heterocycles. The molecule has 4 rings (SSSR count). The number of amides is 2. The van der Waals surface area contributed by atoms with E-state index in [2.05, 4.69) is 15.3 Å². The van der Waals surface area contributed by atoms with Crippen LogP contribution < -0.4 is 5.32 Å². The van der Waals surface area contributed by atoms with Crippen LogP contribution in [0.5, 0.6) is 0 Å². The van der Waals surface area contributed by atoms with Crippen molar-refractivity contribution in [1.82, 2.24) is 30.0 Å². The number of likely N-dealkylation sites (tertiary alicyclic amines) is 1. The van der Waals surface area contributed by atoms with Crippen molar-refractivity contribution in [3.05, 3.63) is 54.1 Å². The van der Waals surface area contributed by atoms with Crippen molar-refractivity contribution in [1.29, 1.82) is 0 Å². The van der Waals surface area contributed by atoms with Gasteiger partial charge in [-0.3, -0.25) is 14.6 Å². The first-order valence-electron chi connectivity index (χ1n) is 9.39. The highest BCUT2D eigenvalue weighted by Crippen LogP contribution is 2.31. The van der Waals surface area contributed by atoms with Gasteiger partial charge in [0.2, 0.25) is 5.91 Å². The second-order valence-electron chi connectivity index (χ2n) is 6.90. The maximum Gasteiger partial charge on any atom is 0.269 e. The minimum Gasteiger partial charge on any atom is -0.349 e. The Bertz CT molecular complexity index is 1000. The summed E-state index contributed by atoms with van der Waals surface area (Å²) in [6.45, 7) is 3.98. The molecule has 8 heteroatoms. The maximum absolute atomic E-state index is 12.2.